The summed E-state index contributed by atoms with van der Waals surface area (Å²) >= 11 is 0. The third-order valence-electron chi connectivity index (χ3n) is 5.95. The van der Waals surface area contributed by atoms with Crippen LogP contribution >= 0.6 is 0 Å². The van der Waals surface area contributed by atoms with Crippen molar-refractivity contribution in [3.8, 4) is 11.5 Å². The van der Waals surface area contributed by atoms with Crippen LogP contribution in [0.25, 0.3) is 0 Å². The molecule has 1 heterocycles. The van der Waals surface area contributed by atoms with Gasteiger partial charge in [-0.2, -0.15) is 0 Å². The maximum Gasteiger partial charge on any atom is 0.314 e. The summed E-state index contributed by atoms with van der Waals surface area (Å²) in [7, 11) is 0. The van der Waals surface area contributed by atoms with E-state index in [1.165, 1.54) is 0 Å². The Morgan fingerprint density at radius 3 is 2.17 bits per heavy atom. The molecule has 0 atom stereocenters. The Labute approximate surface area is 136 Å². The fraction of sp³-hybridized carbons (Fsp3) is 0.632. The van der Waals surface area contributed by atoms with Gasteiger partial charge in [-0.25, -0.2) is 0 Å². The number of aryl methyl sites for hydroxylation is 1. The summed E-state index contributed by atoms with van der Waals surface area (Å²) < 4.78 is 12.0. The first kappa shape index (κ1) is 14.9. The van der Waals surface area contributed by atoms with Crippen molar-refractivity contribution in [2.24, 2.45) is 5.41 Å². The molecule has 1 aliphatic heterocycles. The molecular weight excluding hydrogens is 292 g/mol. The van der Waals surface area contributed by atoms with Crippen LogP contribution in [0.2, 0.25) is 0 Å². The second kappa shape index (κ2) is 5.15. The molecule has 1 aromatic rings. The molecular formula is C19H24O4. The van der Waals surface area contributed by atoms with Crippen LogP contribution in [0.5, 0.6) is 11.5 Å². The third kappa shape index (κ3) is 2.39. The van der Waals surface area contributed by atoms with Crippen LogP contribution in [0, 0.1) is 12.3 Å². The van der Waals surface area contributed by atoms with Gasteiger partial charge in [-0.05, 0) is 55.9 Å². The standard InChI is InChI=1S/C19H24O4/c1-13-9-15-16(23-12-18(7-8-18)11-22-15)10-14(13)19(17(20)21)5-3-2-4-6-19/h9-10H,2-8,11-12H2,1H3,(H,20,21). The van der Waals surface area contributed by atoms with Crippen molar-refractivity contribution in [3.63, 3.8) is 0 Å². The summed E-state index contributed by atoms with van der Waals surface area (Å²) in [6.45, 7) is 3.39. The molecule has 4 rings (SSSR count). The first-order valence-electron chi connectivity index (χ1n) is 8.69. The number of ether oxygens (including phenoxy) is 2. The second-order valence-electron chi connectivity index (χ2n) is 7.64. The third-order valence-corrected chi connectivity index (χ3v) is 5.95. The Balaban J connectivity index is 1.74. The zero-order chi connectivity index (χ0) is 16.1. The minimum Gasteiger partial charge on any atom is -0.489 e. The highest BCUT2D eigenvalue weighted by atomic mass is 16.5. The number of carbonyl (C=O) groups is 1. The maximum absolute atomic E-state index is 12.1. The van der Waals surface area contributed by atoms with Gasteiger partial charge in [0.1, 0.15) is 0 Å². The van der Waals surface area contributed by atoms with Crippen molar-refractivity contribution in [1.82, 2.24) is 0 Å². The van der Waals surface area contributed by atoms with E-state index >= 15 is 0 Å². The molecule has 3 aliphatic rings. The van der Waals surface area contributed by atoms with E-state index in [4.69, 9.17) is 9.47 Å². The minimum absolute atomic E-state index is 0.197. The van der Waals surface area contributed by atoms with Crippen molar-refractivity contribution < 1.29 is 19.4 Å². The number of rotatable bonds is 2. The predicted molar refractivity (Wildman–Crippen MR) is 86.2 cm³/mol. The Hall–Kier alpha value is -1.71. The molecule has 2 aliphatic carbocycles. The molecule has 0 saturated heterocycles. The van der Waals surface area contributed by atoms with Crippen LogP contribution in [0.4, 0.5) is 0 Å². The smallest absolute Gasteiger partial charge is 0.314 e. The van der Waals surface area contributed by atoms with E-state index in [1.807, 2.05) is 19.1 Å². The Bertz CT molecular complexity index is 639. The molecule has 0 radical (unpaired) electrons. The fourth-order valence-corrected chi connectivity index (χ4v) is 4.13. The SMILES string of the molecule is Cc1cc2c(cc1C1(C(=O)O)CCCCC1)OCC1(CC1)CO2. The summed E-state index contributed by atoms with van der Waals surface area (Å²) in [6.07, 6.45) is 6.82. The van der Waals surface area contributed by atoms with Crippen molar-refractivity contribution >= 4 is 5.97 Å². The molecule has 0 amide bonds. The second-order valence-corrected chi connectivity index (χ2v) is 7.64. The molecule has 1 N–H and O–H groups in total. The number of benzene rings is 1. The largest absolute Gasteiger partial charge is 0.489 e. The molecule has 4 heteroatoms. The molecule has 0 aromatic heterocycles. The van der Waals surface area contributed by atoms with Crippen LogP contribution in [0.1, 0.15) is 56.1 Å². The van der Waals surface area contributed by atoms with Crippen LogP contribution in [0.15, 0.2) is 12.1 Å². The summed E-state index contributed by atoms with van der Waals surface area (Å²) in [4.78, 5) is 12.1. The van der Waals surface area contributed by atoms with Crippen LogP contribution in [0.3, 0.4) is 0 Å². The molecule has 2 saturated carbocycles. The van der Waals surface area contributed by atoms with Gasteiger partial charge in [-0.1, -0.05) is 19.3 Å². The normalized spacial score (nSPS) is 24.0. The molecule has 1 spiro atoms. The lowest BCUT2D eigenvalue weighted by molar-refractivity contribution is -0.145. The van der Waals surface area contributed by atoms with E-state index in [0.29, 0.717) is 26.1 Å². The summed E-state index contributed by atoms with van der Waals surface area (Å²) in [6, 6.07) is 3.93. The van der Waals surface area contributed by atoms with Gasteiger partial charge in [0, 0.05) is 5.41 Å². The van der Waals surface area contributed by atoms with Gasteiger partial charge < -0.3 is 14.6 Å². The van der Waals surface area contributed by atoms with Crippen molar-refractivity contribution in [1.29, 1.82) is 0 Å². The van der Waals surface area contributed by atoms with Gasteiger partial charge >= 0.3 is 5.97 Å². The predicted octanol–water partition coefficient (Wildman–Crippen LogP) is 3.83. The molecule has 1 aromatic carbocycles. The van der Waals surface area contributed by atoms with Crippen molar-refractivity contribution in [2.45, 2.75) is 57.3 Å². The Kier molecular flexibility index (Phi) is 3.33. The Morgan fingerprint density at radius 1 is 1.00 bits per heavy atom. The van der Waals surface area contributed by atoms with Gasteiger partial charge in [0.2, 0.25) is 0 Å². The van der Waals surface area contributed by atoms with E-state index in [2.05, 4.69) is 0 Å². The molecule has 4 nitrogen and oxygen atoms in total. The zero-order valence-electron chi connectivity index (χ0n) is 13.7. The quantitative estimate of drug-likeness (QED) is 0.901. The van der Waals surface area contributed by atoms with Crippen LogP contribution in [-0.4, -0.2) is 24.3 Å². The molecule has 2 fully saturated rings. The number of carboxylic acid groups (broad SMARTS) is 1. The lowest BCUT2D eigenvalue weighted by atomic mass is 9.68. The topological polar surface area (TPSA) is 55.8 Å². The van der Waals surface area contributed by atoms with Crippen molar-refractivity contribution in [2.75, 3.05) is 13.2 Å². The van der Waals surface area contributed by atoms with Gasteiger partial charge in [0.05, 0.1) is 18.6 Å². The number of hydrogen-bond acceptors (Lipinski definition) is 3. The highest BCUT2D eigenvalue weighted by Gasteiger charge is 2.47. The number of carboxylic acids is 1. The van der Waals surface area contributed by atoms with E-state index in [9.17, 15) is 9.90 Å². The van der Waals surface area contributed by atoms with Gasteiger partial charge in [-0.15, -0.1) is 0 Å². The number of fused-ring (bicyclic) bond motifs is 1. The lowest BCUT2D eigenvalue weighted by Gasteiger charge is -2.35. The van der Waals surface area contributed by atoms with E-state index in [-0.39, 0.29) is 5.41 Å². The molecule has 124 valence electrons. The highest BCUT2D eigenvalue weighted by Crippen LogP contribution is 2.50. The number of aliphatic carboxylic acids is 1. The minimum atomic E-state index is -0.760. The van der Waals surface area contributed by atoms with Gasteiger partial charge in [0.25, 0.3) is 0 Å². The van der Waals surface area contributed by atoms with Gasteiger partial charge in [0.15, 0.2) is 11.5 Å². The lowest BCUT2D eigenvalue weighted by Crippen LogP contribution is -2.38. The maximum atomic E-state index is 12.1. The summed E-state index contributed by atoms with van der Waals surface area (Å²) in [5.41, 5.74) is 1.36. The van der Waals surface area contributed by atoms with Crippen LogP contribution in [-0.2, 0) is 10.2 Å². The van der Waals surface area contributed by atoms with Gasteiger partial charge in [-0.3, -0.25) is 4.79 Å². The first-order chi connectivity index (χ1) is 11.0. The number of hydrogen-bond donors (Lipinski definition) is 1. The first-order valence-corrected chi connectivity index (χ1v) is 8.69. The van der Waals surface area contributed by atoms with Crippen molar-refractivity contribution in [3.05, 3.63) is 23.3 Å². The van der Waals surface area contributed by atoms with Crippen LogP contribution < -0.4 is 9.47 Å². The summed E-state index contributed by atoms with van der Waals surface area (Å²) in [5.74, 6) is 0.792. The van der Waals surface area contributed by atoms with E-state index < -0.39 is 11.4 Å². The Morgan fingerprint density at radius 2 is 1.61 bits per heavy atom. The average molecular weight is 316 g/mol. The zero-order valence-corrected chi connectivity index (χ0v) is 13.7. The average Bonchev–Trinajstić information content (AvgIpc) is 3.35. The summed E-state index contributed by atoms with van der Waals surface area (Å²) in [5, 5.41) is 9.95. The highest BCUT2D eigenvalue weighted by molar-refractivity contribution is 5.82. The molecule has 23 heavy (non-hydrogen) atoms. The fourth-order valence-electron chi connectivity index (χ4n) is 4.13. The van der Waals surface area contributed by atoms with E-state index in [0.717, 1.165) is 54.7 Å². The van der Waals surface area contributed by atoms with E-state index in [1.54, 1.807) is 0 Å². The molecule has 0 unspecified atom stereocenters. The molecule has 0 bridgehead atoms. The monoisotopic (exact) mass is 316 g/mol.